The Kier molecular flexibility index (Phi) is 3.99. The first-order valence-electron chi connectivity index (χ1n) is 4.00. The number of rotatable bonds is 4. The Bertz CT molecular complexity index is 299. The summed E-state index contributed by atoms with van der Waals surface area (Å²) in [7, 11) is 0. The van der Waals surface area contributed by atoms with Gasteiger partial charge in [0, 0.05) is 12.1 Å². The second-order valence-electron chi connectivity index (χ2n) is 2.53. The van der Waals surface area contributed by atoms with Gasteiger partial charge in [-0.1, -0.05) is 24.8 Å². The molecule has 0 aliphatic heterocycles. The second kappa shape index (κ2) is 5.04. The lowest BCUT2D eigenvalue weighted by Crippen LogP contribution is -2.02. The van der Waals surface area contributed by atoms with Crippen LogP contribution in [-0.4, -0.2) is 6.61 Å². The van der Waals surface area contributed by atoms with Gasteiger partial charge < -0.3 is 10.5 Å². The van der Waals surface area contributed by atoms with Crippen molar-refractivity contribution in [3.05, 3.63) is 40.9 Å². The normalized spacial score (nSPS) is 9.69. The highest BCUT2D eigenvalue weighted by Gasteiger charge is 2.05. The molecule has 0 saturated carbocycles. The van der Waals surface area contributed by atoms with Crippen LogP contribution in [0.15, 0.2) is 35.3 Å². The lowest BCUT2D eigenvalue weighted by Gasteiger charge is -2.10. The third-order valence-corrected chi connectivity index (χ3v) is 2.24. The molecule has 1 aromatic carbocycles. The zero-order chi connectivity index (χ0) is 9.68. The zero-order valence-corrected chi connectivity index (χ0v) is 8.88. The fourth-order valence-corrected chi connectivity index (χ4v) is 1.54. The molecule has 0 radical (unpaired) electrons. The summed E-state index contributed by atoms with van der Waals surface area (Å²) in [4.78, 5) is 0. The van der Waals surface area contributed by atoms with E-state index in [2.05, 4.69) is 22.5 Å². The molecular formula is C10H12BrNO. The van der Waals surface area contributed by atoms with Gasteiger partial charge >= 0.3 is 0 Å². The predicted octanol–water partition coefficient (Wildman–Crippen LogP) is 2.47. The molecule has 0 saturated heterocycles. The molecule has 0 amide bonds. The molecule has 0 bridgehead atoms. The monoisotopic (exact) mass is 241 g/mol. The summed E-state index contributed by atoms with van der Waals surface area (Å²) < 4.78 is 6.39. The number of hydrogen-bond donors (Lipinski definition) is 1. The third-order valence-electron chi connectivity index (χ3n) is 1.61. The fourth-order valence-electron chi connectivity index (χ4n) is 1.02. The van der Waals surface area contributed by atoms with Gasteiger partial charge in [-0.25, -0.2) is 0 Å². The summed E-state index contributed by atoms with van der Waals surface area (Å²) in [6, 6.07) is 5.81. The quantitative estimate of drug-likeness (QED) is 0.823. The van der Waals surface area contributed by atoms with Crippen LogP contribution >= 0.6 is 15.9 Å². The van der Waals surface area contributed by atoms with Crippen molar-refractivity contribution in [3.8, 4) is 5.75 Å². The standard InChI is InChI=1S/C10H12BrNO/c1-2-6-13-10-8(7-12)4-3-5-9(10)11/h2-5H,1,6-7,12H2. The van der Waals surface area contributed by atoms with Gasteiger partial charge in [-0.05, 0) is 22.0 Å². The van der Waals surface area contributed by atoms with Crippen LogP contribution in [0.3, 0.4) is 0 Å². The zero-order valence-electron chi connectivity index (χ0n) is 7.29. The van der Waals surface area contributed by atoms with Crippen molar-refractivity contribution in [2.24, 2.45) is 5.73 Å². The predicted molar refractivity (Wildman–Crippen MR) is 57.7 cm³/mol. The molecule has 1 aromatic rings. The molecule has 0 atom stereocenters. The highest BCUT2D eigenvalue weighted by molar-refractivity contribution is 9.10. The van der Waals surface area contributed by atoms with Gasteiger partial charge in [0.25, 0.3) is 0 Å². The van der Waals surface area contributed by atoms with Crippen molar-refractivity contribution in [1.82, 2.24) is 0 Å². The van der Waals surface area contributed by atoms with Crippen LogP contribution in [0.25, 0.3) is 0 Å². The number of ether oxygens (including phenoxy) is 1. The number of nitrogens with two attached hydrogens (primary N) is 1. The van der Waals surface area contributed by atoms with Gasteiger partial charge in [-0.2, -0.15) is 0 Å². The average molecular weight is 242 g/mol. The average Bonchev–Trinajstić information content (AvgIpc) is 2.15. The van der Waals surface area contributed by atoms with Crippen molar-refractivity contribution >= 4 is 15.9 Å². The Morgan fingerprint density at radius 1 is 1.54 bits per heavy atom. The number of halogens is 1. The van der Waals surface area contributed by atoms with E-state index in [-0.39, 0.29) is 0 Å². The molecule has 1 rings (SSSR count). The van der Waals surface area contributed by atoms with E-state index < -0.39 is 0 Å². The Morgan fingerprint density at radius 3 is 2.92 bits per heavy atom. The van der Waals surface area contributed by atoms with E-state index in [0.717, 1.165) is 15.8 Å². The van der Waals surface area contributed by atoms with Gasteiger partial charge in [0.05, 0.1) is 4.47 Å². The fraction of sp³-hybridized carbons (Fsp3) is 0.200. The van der Waals surface area contributed by atoms with Crippen LogP contribution < -0.4 is 10.5 Å². The first kappa shape index (κ1) is 10.3. The van der Waals surface area contributed by atoms with E-state index in [1.807, 2.05) is 18.2 Å². The minimum atomic E-state index is 0.478. The summed E-state index contributed by atoms with van der Waals surface area (Å²) in [5.41, 5.74) is 6.56. The second-order valence-corrected chi connectivity index (χ2v) is 3.39. The van der Waals surface area contributed by atoms with E-state index in [1.54, 1.807) is 6.08 Å². The molecule has 0 spiro atoms. The molecule has 13 heavy (non-hydrogen) atoms. The molecule has 0 aromatic heterocycles. The Morgan fingerprint density at radius 2 is 2.31 bits per heavy atom. The molecule has 70 valence electrons. The topological polar surface area (TPSA) is 35.2 Å². The minimum absolute atomic E-state index is 0.478. The van der Waals surface area contributed by atoms with Crippen LogP contribution in [0.4, 0.5) is 0 Å². The number of hydrogen-bond acceptors (Lipinski definition) is 2. The van der Waals surface area contributed by atoms with Crippen LogP contribution in [-0.2, 0) is 6.54 Å². The van der Waals surface area contributed by atoms with Gasteiger partial charge in [-0.15, -0.1) is 0 Å². The van der Waals surface area contributed by atoms with E-state index in [1.165, 1.54) is 0 Å². The molecule has 0 aliphatic rings. The SMILES string of the molecule is C=CCOc1c(Br)cccc1CN. The summed E-state index contributed by atoms with van der Waals surface area (Å²) in [6.45, 7) is 4.56. The van der Waals surface area contributed by atoms with Crippen LogP contribution in [0.2, 0.25) is 0 Å². The Hall–Kier alpha value is -0.800. The third kappa shape index (κ3) is 2.57. The lowest BCUT2D eigenvalue weighted by molar-refractivity contribution is 0.357. The molecular weight excluding hydrogens is 230 g/mol. The Balaban J connectivity index is 2.93. The molecule has 2 N–H and O–H groups in total. The maximum atomic E-state index is 5.56. The van der Waals surface area contributed by atoms with Crippen molar-refractivity contribution in [3.63, 3.8) is 0 Å². The summed E-state index contributed by atoms with van der Waals surface area (Å²) in [5, 5.41) is 0. The molecule has 3 heteroatoms. The van der Waals surface area contributed by atoms with Crippen LogP contribution in [0.1, 0.15) is 5.56 Å². The van der Waals surface area contributed by atoms with Gasteiger partial charge in [0.15, 0.2) is 0 Å². The smallest absolute Gasteiger partial charge is 0.138 e. The maximum Gasteiger partial charge on any atom is 0.138 e. The highest BCUT2D eigenvalue weighted by Crippen LogP contribution is 2.28. The minimum Gasteiger partial charge on any atom is -0.488 e. The summed E-state index contributed by atoms with van der Waals surface area (Å²) in [5.74, 6) is 0.810. The van der Waals surface area contributed by atoms with E-state index in [0.29, 0.717) is 13.2 Å². The molecule has 0 unspecified atom stereocenters. The molecule has 0 heterocycles. The van der Waals surface area contributed by atoms with Gasteiger partial charge in [-0.3, -0.25) is 0 Å². The van der Waals surface area contributed by atoms with Crippen LogP contribution in [0, 0.1) is 0 Å². The molecule has 0 aliphatic carbocycles. The Labute approximate surface area is 86.5 Å². The van der Waals surface area contributed by atoms with Gasteiger partial charge in [0.2, 0.25) is 0 Å². The summed E-state index contributed by atoms with van der Waals surface area (Å²) in [6.07, 6.45) is 1.71. The maximum absolute atomic E-state index is 5.56. The largest absolute Gasteiger partial charge is 0.488 e. The number of benzene rings is 1. The van der Waals surface area contributed by atoms with Crippen LogP contribution in [0.5, 0.6) is 5.75 Å². The van der Waals surface area contributed by atoms with E-state index >= 15 is 0 Å². The van der Waals surface area contributed by atoms with Crippen molar-refractivity contribution in [2.75, 3.05) is 6.61 Å². The number of para-hydroxylation sites is 1. The first-order chi connectivity index (χ1) is 6.29. The van der Waals surface area contributed by atoms with Gasteiger partial charge in [0.1, 0.15) is 12.4 Å². The highest BCUT2D eigenvalue weighted by atomic mass is 79.9. The molecule has 0 fully saturated rings. The first-order valence-corrected chi connectivity index (χ1v) is 4.80. The lowest BCUT2D eigenvalue weighted by atomic mass is 10.2. The van der Waals surface area contributed by atoms with Crippen molar-refractivity contribution < 1.29 is 4.74 Å². The van der Waals surface area contributed by atoms with Crippen molar-refractivity contribution in [2.45, 2.75) is 6.54 Å². The van der Waals surface area contributed by atoms with E-state index in [4.69, 9.17) is 10.5 Å². The summed E-state index contributed by atoms with van der Waals surface area (Å²) >= 11 is 3.40. The molecule has 2 nitrogen and oxygen atoms in total. The van der Waals surface area contributed by atoms with Crippen molar-refractivity contribution in [1.29, 1.82) is 0 Å². The van der Waals surface area contributed by atoms with E-state index in [9.17, 15) is 0 Å².